The van der Waals surface area contributed by atoms with Crippen molar-refractivity contribution < 1.29 is 8.42 Å². The van der Waals surface area contributed by atoms with E-state index in [-0.39, 0.29) is 17.3 Å². The van der Waals surface area contributed by atoms with E-state index in [2.05, 4.69) is 10.0 Å². The highest BCUT2D eigenvalue weighted by Crippen LogP contribution is 2.26. The van der Waals surface area contributed by atoms with Crippen molar-refractivity contribution in [1.82, 2.24) is 0 Å². The second-order valence-electron chi connectivity index (χ2n) is 4.97. The van der Waals surface area contributed by atoms with Gasteiger partial charge in [-0.1, -0.05) is 17.7 Å². The van der Waals surface area contributed by atoms with Crippen molar-refractivity contribution in [3.8, 4) is 0 Å². The molecule has 1 aliphatic heterocycles. The van der Waals surface area contributed by atoms with Gasteiger partial charge < -0.3 is 5.32 Å². The van der Waals surface area contributed by atoms with Crippen LogP contribution < -0.4 is 10.0 Å². The fourth-order valence-corrected chi connectivity index (χ4v) is 3.67. The van der Waals surface area contributed by atoms with E-state index in [9.17, 15) is 8.42 Å². The Kier molecular flexibility index (Phi) is 5.21. The highest BCUT2D eigenvalue weighted by Gasteiger charge is 2.17. The summed E-state index contributed by atoms with van der Waals surface area (Å²) >= 11 is 5.87. The maximum Gasteiger partial charge on any atom is 0.261 e. The van der Waals surface area contributed by atoms with E-state index in [0.717, 1.165) is 30.6 Å². The Labute approximate surface area is 141 Å². The van der Waals surface area contributed by atoms with Crippen LogP contribution in [-0.2, 0) is 16.4 Å². The molecule has 4 nitrogen and oxygen atoms in total. The van der Waals surface area contributed by atoms with Gasteiger partial charge in [0, 0.05) is 17.3 Å². The van der Waals surface area contributed by atoms with Crippen molar-refractivity contribution in [2.75, 3.05) is 16.6 Å². The second kappa shape index (κ2) is 6.77. The minimum absolute atomic E-state index is 0. The molecule has 22 heavy (non-hydrogen) atoms. The molecule has 0 aliphatic carbocycles. The molecule has 0 unspecified atom stereocenters. The molecule has 0 saturated heterocycles. The zero-order valence-electron chi connectivity index (χ0n) is 11.7. The number of nitrogens with one attached hydrogen (secondary N) is 2. The molecule has 0 spiro atoms. The van der Waals surface area contributed by atoms with Crippen LogP contribution >= 0.6 is 24.0 Å². The summed E-state index contributed by atoms with van der Waals surface area (Å²) in [6.07, 6.45) is 1.90. The number of halogens is 2. The summed E-state index contributed by atoms with van der Waals surface area (Å²) in [6.45, 7) is 0.930. The molecule has 0 atom stereocenters. The van der Waals surface area contributed by atoms with Gasteiger partial charge in [0.1, 0.15) is 0 Å². The van der Waals surface area contributed by atoms with Crippen molar-refractivity contribution in [2.24, 2.45) is 0 Å². The van der Waals surface area contributed by atoms with Crippen LogP contribution in [0.3, 0.4) is 0 Å². The predicted octanol–water partition coefficient (Wildman–Crippen LogP) is 3.92. The summed E-state index contributed by atoms with van der Waals surface area (Å²) in [6, 6.07) is 11.8. The lowest BCUT2D eigenvalue weighted by atomic mass is 10.0. The van der Waals surface area contributed by atoms with Crippen molar-refractivity contribution in [3.05, 3.63) is 53.1 Å². The molecule has 7 heteroatoms. The van der Waals surface area contributed by atoms with E-state index in [0.29, 0.717) is 10.7 Å². The molecule has 1 heterocycles. The number of hydrogen-bond acceptors (Lipinski definition) is 3. The van der Waals surface area contributed by atoms with E-state index in [1.54, 1.807) is 36.4 Å². The first kappa shape index (κ1) is 16.9. The number of sulfonamides is 1. The number of anilines is 2. The standard InChI is InChI=1S/C15H15ClN2O2S.ClH/c16-12-4-1-5-13(10-12)18-21(19,20)14-6-7-15-11(9-14)3-2-8-17-15;/h1,4-7,9-10,17-18H,2-3,8H2;1H. The molecule has 1 aliphatic rings. The first-order chi connectivity index (χ1) is 10.0. The normalized spacial score (nSPS) is 13.5. The first-order valence-electron chi connectivity index (χ1n) is 6.70. The third-order valence-corrected chi connectivity index (χ3v) is 5.02. The average Bonchev–Trinajstić information content (AvgIpc) is 2.46. The molecule has 3 rings (SSSR count). The lowest BCUT2D eigenvalue weighted by Crippen LogP contribution is -2.16. The Bertz CT molecular complexity index is 779. The average molecular weight is 359 g/mol. The van der Waals surface area contributed by atoms with Crippen LogP contribution in [0.15, 0.2) is 47.4 Å². The van der Waals surface area contributed by atoms with Crippen LogP contribution in [0.2, 0.25) is 5.02 Å². The third-order valence-electron chi connectivity index (χ3n) is 3.40. The number of rotatable bonds is 3. The number of benzene rings is 2. The highest BCUT2D eigenvalue weighted by molar-refractivity contribution is 7.92. The van der Waals surface area contributed by atoms with Crippen LogP contribution in [0.4, 0.5) is 11.4 Å². The summed E-state index contributed by atoms with van der Waals surface area (Å²) in [5.41, 5.74) is 2.51. The molecular weight excluding hydrogens is 343 g/mol. The predicted molar refractivity (Wildman–Crippen MR) is 92.8 cm³/mol. The molecule has 2 aromatic carbocycles. The molecule has 0 fully saturated rings. The Hall–Kier alpha value is -1.43. The Morgan fingerprint density at radius 2 is 1.95 bits per heavy atom. The van der Waals surface area contributed by atoms with Gasteiger partial charge in [0.2, 0.25) is 0 Å². The van der Waals surface area contributed by atoms with Gasteiger partial charge in [-0.15, -0.1) is 12.4 Å². The third kappa shape index (κ3) is 3.66. The summed E-state index contributed by atoms with van der Waals surface area (Å²) in [4.78, 5) is 0.268. The zero-order chi connectivity index (χ0) is 14.9. The summed E-state index contributed by atoms with van der Waals surface area (Å²) in [5.74, 6) is 0. The van der Waals surface area contributed by atoms with Gasteiger partial charge in [0.25, 0.3) is 10.0 Å². The van der Waals surface area contributed by atoms with Gasteiger partial charge in [0.05, 0.1) is 10.6 Å². The van der Waals surface area contributed by atoms with Crippen molar-refractivity contribution in [1.29, 1.82) is 0 Å². The van der Waals surface area contributed by atoms with Crippen molar-refractivity contribution >= 4 is 45.4 Å². The number of fused-ring (bicyclic) bond motifs is 1. The van der Waals surface area contributed by atoms with Crippen LogP contribution in [0.5, 0.6) is 0 Å². The molecule has 118 valence electrons. The highest BCUT2D eigenvalue weighted by atomic mass is 35.5. The Morgan fingerprint density at radius 3 is 2.73 bits per heavy atom. The molecule has 0 radical (unpaired) electrons. The van der Waals surface area contributed by atoms with Crippen molar-refractivity contribution in [3.63, 3.8) is 0 Å². The molecule has 2 N–H and O–H groups in total. The topological polar surface area (TPSA) is 58.2 Å². The fourth-order valence-electron chi connectivity index (χ4n) is 2.38. The summed E-state index contributed by atoms with van der Waals surface area (Å²) < 4.78 is 27.4. The van der Waals surface area contributed by atoms with Gasteiger partial charge in [-0.05, 0) is 54.8 Å². The second-order valence-corrected chi connectivity index (χ2v) is 7.08. The molecule has 0 saturated carbocycles. The van der Waals surface area contributed by atoms with Crippen molar-refractivity contribution in [2.45, 2.75) is 17.7 Å². The van der Waals surface area contributed by atoms with Crippen LogP contribution in [-0.4, -0.2) is 15.0 Å². The number of aryl methyl sites for hydroxylation is 1. The monoisotopic (exact) mass is 358 g/mol. The lowest BCUT2D eigenvalue weighted by molar-refractivity contribution is 0.601. The van der Waals surface area contributed by atoms with E-state index in [1.165, 1.54) is 0 Å². The van der Waals surface area contributed by atoms with Crippen LogP contribution in [0.1, 0.15) is 12.0 Å². The lowest BCUT2D eigenvalue weighted by Gasteiger charge is -2.18. The van der Waals surface area contributed by atoms with Crippen LogP contribution in [0, 0.1) is 0 Å². The van der Waals surface area contributed by atoms with Crippen LogP contribution in [0.25, 0.3) is 0 Å². The smallest absolute Gasteiger partial charge is 0.261 e. The molecule has 2 aromatic rings. The molecule has 0 aromatic heterocycles. The minimum Gasteiger partial charge on any atom is -0.385 e. The summed E-state index contributed by atoms with van der Waals surface area (Å²) in [7, 11) is -3.60. The maximum atomic E-state index is 12.4. The van der Waals surface area contributed by atoms with E-state index < -0.39 is 10.0 Å². The fraction of sp³-hybridized carbons (Fsp3) is 0.200. The Balaban J connectivity index is 0.00000176. The largest absolute Gasteiger partial charge is 0.385 e. The molecular formula is C15H16Cl2N2O2S. The molecule has 0 bridgehead atoms. The minimum atomic E-state index is -3.60. The molecule has 0 amide bonds. The zero-order valence-corrected chi connectivity index (χ0v) is 14.1. The van der Waals surface area contributed by atoms with E-state index in [1.807, 2.05) is 6.07 Å². The SMILES string of the molecule is Cl.O=S(=O)(Nc1cccc(Cl)c1)c1ccc2c(c1)CCCN2. The van der Waals surface area contributed by atoms with Gasteiger partial charge >= 0.3 is 0 Å². The van der Waals surface area contributed by atoms with E-state index in [4.69, 9.17) is 11.6 Å². The quantitative estimate of drug-likeness (QED) is 0.873. The maximum absolute atomic E-state index is 12.4. The van der Waals surface area contributed by atoms with Gasteiger partial charge in [-0.25, -0.2) is 8.42 Å². The Morgan fingerprint density at radius 1 is 1.14 bits per heavy atom. The van der Waals surface area contributed by atoms with E-state index >= 15 is 0 Å². The van der Waals surface area contributed by atoms with Gasteiger partial charge in [-0.3, -0.25) is 4.72 Å². The van der Waals surface area contributed by atoms with Gasteiger partial charge in [-0.2, -0.15) is 0 Å². The summed E-state index contributed by atoms with van der Waals surface area (Å²) in [5, 5.41) is 3.76. The van der Waals surface area contributed by atoms with Gasteiger partial charge in [0.15, 0.2) is 0 Å². The number of hydrogen-bond donors (Lipinski definition) is 2. The first-order valence-corrected chi connectivity index (χ1v) is 8.56.